The fourth-order valence-corrected chi connectivity index (χ4v) is 3.40. The molecule has 0 spiro atoms. The number of amides is 1. The lowest BCUT2D eigenvalue weighted by Crippen LogP contribution is -2.27. The summed E-state index contributed by atoms with van der Waals surface area (Å²) in [5.41, 5.74) is 1.18. The van der Waals surface area contributed by atoms with Gasteiger partial charge in [0.2, 0.25) is 0 Å². The Labute approximate surface area is 142 Å². The van der Waals surface area contributed by atoms with Crippen LogP contribution in [0.2, 0.25) is 0 Å². The van der Waals surface area contributed by atoms with Gasteiger partial charge in [0.05, 0.1) is 23.9 Å². The Bertz CT molecular complexity index is 809. The molecule has 1 aromatic heterocycles. The summed E-state index contributed by atoms with van der Waals surface area (Å²) in [6.45, 7) is 0. The summed E-state index contributed by atoms with van der Waals surface area (Å²) < 4.78 is 19.0. The van der Waals surface area contributed by atoms with Crippen molar-refractivity contribution in [3.63, 3.8) is 0 Å². The number of hydrogen-bond acceptors (Lipinski definition) is 5. The average Bonchev–Trinajstić information content (AvgIpc) is 2.82. The third-order valence-electron chi connectivity index (χ3n) is 3.17. The normalized spacial score (nSPS) is 16.3. The van der Waals surface area contributed by atoms with Crippen LogP contribution in [0.4, 0.5) is 10.1 Å². The summed E-state index contributed by atoms with van der Waals surface area (Å²) >= 11 is 6.44. The second kappa shape index (κ2) is 6.47. The summed E-state index contributed by atoms with van der Waals surface area (Å²) in [7, 11) is 1.40. The van der Waals surface area contributed by atoms with Crippen molar-refractivity contribution in [2.24, 2.45) is 0 Å². The van der Waals surface area contributed by atoms with Gasteiger partial charge in [-0.05, 0) is 35.9 Å². The van der Waals surface area contributed by atoms with Gasteiger partial charge in [0.25, 0.3) is 5.91 Å². The number of thioether (sulfide) groups is 1. The molecule has 0 aliphatic carbocycles. The van der Waals surface area contributed by atoms with Crippen LogP contribution in [0.3, 0.4) is 0 Å². The van der Waals surface area contributed by atoms with Gasteiger partial charge in [0.1, 0.15) is 0 Å². The average molecular weight is 346 g/mol. The van der Waals surface area contributed by atoms with Gasteiger partial charge in [0.15, 0.2) is 15.9 Å². The largest absolute Gasteiger partial charge is 0.494 e. The molecule has 1 saturated heterocycles. The Hall–Kier alpha value is -2.25. The Balaban J connectivity index is 1.91. The van der Waals surface area contributed by atoms with Crippen LogP contribution in [0.15, 0.2) is 47.6 Å². The fourth-order valence-electron chi connectivity index (χ4n) is 2.10. The number of hydrogen-bond donors (Lipinski definition) is 0. The minimum Gasteiger partial charge on any atom is -0.494 e. The molecule has 2 heterocycles. The monoisotopic (exact) mass is 346 g/mol. The van der Waals surface area contributed by atoms with Crippen molar-refractivity contribution in [3.05, 3.63) is 59.0 Å². The molecule has 1 aliphatic heterocycles. The molecular formula is C16H11FN2O2S2. The zero-order valence-electron chi connectivity index (χ0n) is 12.0. The van der Waals surface area contributed by atoms with Crippen molar-refractivity contribution in [1.29, 1.82) is 0 Å². The van der Waals surface area contributed by atoms with Crippen molar-refractivity contribution < 1.29 is 13.9 Å². The number of pyridine rings is 1. The first-order valence-electron chi connectivity index (χ1n) is 6.61. The molecule has 1 aromatic carbocycles. The molecule has 23 heavy (non-hydrogen) atoms. The van der Waals surface area contributed by atoms with Crippen molar-refractivity contribution in [3.8, 4) is 5.75 Å². The Morgan fingerprint density at radius 2 is 2.22 bits per heavy atom. The summed E-state index contributed by atoms with van der Waals surface area (Å²) in [6, 6.07) is 8.00. The highest BCUT2D eigenvalue weighted by atomic mass is 32.2. The Morgan fingerprint density at radius 1 is 1.39 bits per heavy atom. The summed E-state index contributed by atoms with van der Waals surface area (Å²) in [6.07, 6.45) is 4.80. The van der Waals surface area contributed by atoms with E-state index in [9.17, 15) is 9.18 Å². The molecule has 116 valence electrons. The first-order chi connectivity index (χ1) is 11.1. The smallest absolute Gasteiger partial charge is 0.270 e. The molecule has 0 unspecified atom stereocenters. The number of carbonyl (C=O) groups is 1. The van der Waals surface area contributed by atoms with E-state index in [4.69, 9.17) is 17.0 Å². The van der Waals surface area contributed by atoms with E-state index >= 15 is 0 Å². The van der Waals surface area contributed by atoms with Crippen LogP contribution in [0.1, 0.15) is 5.56 Å². The molecule has 1 fully saturated rings. The number of methoxy groups -OCH3 is 1. The van der Waals surface area contributed by atoms with E-state index in [-0.39, 0.29) is 11.7 Å². The van der Waals surface area contributed by atoms with Gasteiger partial charge in [-0.15, -0.1) is 0 Å². The van der Waals surface area contributed by atoms with E-state index in [1.807, 2.05) is 0 Å². The standard InChI is InChI=1S/C16H11FN2O2S2/c1-21-13-5-4-10(7-12(13)17)8-14-15(20)19(16(22)23-14)11-3-2-6-18-9-11/h2-9H,1H3/b14-8-. The molecule has 0 N–H and O–H groups in total. The minimum absolute atomic E-state index is 0.157. The van der Waals surface area contributed by atoms with E-state index in [2.05, 4.69) is 4.98 Å². The quantitative estimate of drug-likeness (QED) is 0.627. The van der Waals surface area contributed by atoms with Crippen molar-refractivity contribution in [2.75, 3.05) is 12.0 Å². The molecule has 2 aromatic rings. The highest BCUT2D eigenvalue weighted by Gasteiger charge is 2.33. The van der Waals surface area contributed by atoms with Crippen LogP contribution in [0.5, 0.6) is 5.75 Å². The van der Waals surface area contributed by atoms with Crippen LogP contribution in [0, 0.1) is 5.82 Å². The SMILES string of the molecule is COc1ccc(/C=C2\SC(=S)N(c3cccnc3)C2=O)cc1F. The van der Waals surface area contributed by atoms with Crippen molar-refractivity contribution in [1.82, 2.24) is 4.98 Å². The number of aromatic nitrogens is 1. The van der Waals surface area contributed by atoms with Crippen LogP contribution < -0.4 is 9.64 Å². The van der Waals surface area contributed by atoms with Crippen LogP contribution in [0.25, 0.3) is 6.08 Å². The minimum atomic E-state index is -0.482. The number of carbonyl (C=O) groups excluding carboxylic acids is 1. The molecule has 1 aliphatic rings. The number of halogens is 1. The second-order valence-corrected chi connectivity index (χ2v) is 6.30. The Morgan fingerprint density at radius 3 is 2.87 bits per heavy atom. The first-order valence-corrected chi connectivity index (χ1v) is 7.84. The van der Waals surface area contributed by atoms with E-state index in [1.165, 1.54) is 35.9 Å². The predicted molar refractivity (Wildman–Crippen MR) is 92.8 cm³/mol. The summed E-state index contributed by atoms with van der Waals surface area (Å²) in [4.78, 5) is 18.4. The fraction of sp³-hybridized carbons (Fsp3) is 0.0625. The van der Waals surface area contributed by atoms with Gasteiger partial charge >= 0.3 is 0 Å². The van der Waals surface area contributed by atoms with Crippen LogP contribution in [-0.4, -0.2) is 22.3 Å². The van der Waals surface area contributed by atoms with Crippen molar-refractivity contribution in [2.45, 2.75) is 0 Å². The van der Waals surface area contributed by atoms with Gasteiger partial charge in [-0.25, -0.2) is 4.39 Å². The number of rotatable bonds is 3. The van der Waals surface area contributed by atoms with Gasteiger partial charge in [-0.1, -0.05) is 30.0 Å². The maximum atomic E-state index is 13.7. The topological polar surface area (TPSA) is 42.4 Å². The summed E-state index contributed by atoms with van der Waals surface area (Å²) in [5, 5.41) is 0. The highest BCUT2D eigenvalue weighted by Crippen LogP contribution is 2.35. The van der Waals surface area contributed by atoms with Gasteiger partial charge in [-0.2, -0.15) is 0 Å². The molecule has 0 bridgehead atoms. The van der Waals surface area contributed by atoms with Gasteiger partial charge in [0, 0.05) is 6.20 Å². The molecule has 3 rings (SSSR count). The highest BCUT2D eigenvalue weighted by molar-refractivity contribution is 8.27. The zero-order valence-corrected chi connectivity index (χ0v) is 13.7. The van der Waals surface area contributed by atoms with Crippen LogP contribution in [-0.2, 0) is 4.79 Å². The van der Waals surface area contributed by atoms with E-state index in [1.54, 1.807) is 36.7 Å². The Kier molecular flexibility index (Phi) is 4.40. The molecule has 0 atom stereocenters. The van der Waals surface area contributed by atoms with E-state index in [0.717, 1.165) is 0 Å². The zero-order chi connectivity index (χ0) is 16.4. The number of benzene rings is 1. The van der Waals surface area contributed by atoms with E-state index in [0.29, 0.717) is 20.5 Å². The number of nitrogens with zero attached hydrogens (tertiary/aromatic N) is 2. The summed E-state index contributed by atoms with van der Waals surface area (Å²) in [5.74, 6) is -0.571. The first kappa shape index (κ1) is 15.6. The molecule has 4 nitrogen and oxygen atoms in total. The molecule has 7 heteroatoms. The molecule has 0 saturated carbocycles. The number of ether oxygens (including phenoxy) is 1. The lowest BCUT2D eigenvalue weighted by molar-refractivity contribution is -0.113. The predicted octanol–water partition coefficient (Wildman–Crippen LogP) is 3.64. The van der Waals surface area contributed by atoms with Crippen LogP contribution >= 0.6 is 24.0 Å². The number of anilines is 1. The van der Waals surface area contributed by atoms with E-state index < -0.39 is 5.82 Å². The van der Waals surface area contributed by atoms with Gasteiger partial charge < -0.3 is 4.74 Å². The number of thiocarbonyl (C=S) groups is 1. The van der Waals surface area contributed by atoms with Crippen molar-refractivity contribution >= 4 is 46.0 Å². The molecule has 0 radical (unpaired) electrons. The second-order valence-electron chi connectivity index (χ2n) is 4.62. The maximum Gasteiger partial charge on any atom is 0.270 e. The third-order valence-corrected chi connectivity index (χ3v) is 4.47. The maximum absolute atomic E-state index is 13.7. The molecule has 1 amide bonds. The lowest BCUT2D eigenvalue weighted by atomic mass is 10.2. The lowest BCUT2D eigenvalue weighted by Gasteiger charge is -2.13. The third kappa shape index (κ3) is 3.11. The molecular weight excluding hydrogens is 335 g/mol. The van der Waals surface area contributed by atoms with Gasteiger partial charge in [-0.3, -0.25) is 14.7 Å².